The monoisotopic (exact) mass is 464 g/mol. The molecular formula is C8H19O16P3. The number of phosphoric acid groups is 3. The number of hydrogen-bond donors (Lipinski definition) is 7. The molecule has 3 unspecified atom stereocenters. The summed E-state index contributed by atoms with van der Waals surface area (Å²) < 4.78 is 56.8. The van der Waals surface area contributed by atoms with Gasteiger partial charge in [-0.05, 0) is 0 Å². The van der Waals surface area contributed by atoms with Crippen molar-refractivity contribution in [3.05, 3.63) is 0 Å². The third-order valence-electron chi connectivity index (χ3n) is 3.39. The van der Waals surface area contributed by atoms with Gasteiger partial charge in [-0.2, -0.15) is 0 Å². The molecule has 0 aromatic heterocycles. The number of phosphoric ester groups is 3. The molecule has 0 aliphatic heterocycles. The molecule has 1 aliphatic rings. The van der Waals surface area contributed by atoms with Crippen molar-refractivity contribution in [3.8, 4) is 0 Å². The maximum absolute atomic E-state index is 11.2. The Labute approximate surface area is 151 Å². The van der Waals surface area contributed by atoms with Gasteiger partial charge < -0.3 is 38.8 Å². The molecule has 0 heterocycles. The summed E-state index contributed by atoms with van der Waals surface area (Å²) in [6, 6.07) is 0. The van der Waals surface area contributed by atoms with E-state index in [1.54, 1.807) is 0 Å². The second-order valence-corrected chi connectivity index (χ2v) is 8.73. The van der Waals surface area contributed by atoms with E-state index in [0.717, 1.165) is 14.2 Å². The minimum atomic E-state index is -5.37. The Kier molecular flexibility index (Phi) is 8.70. The first-order valence-corrected chi connectivity index (χ1v) is 11.3. The average Bonchev–Trinajstić information content (AvgIpc) is 2.45. The van der Waals surface area contributed by atoms with Crippen molar-refractivity contribution in [1.82, 2.24) is 0 Å². The molecule has 0 aromatic rings. The lowest BCUT2D eigenvalue weighted by Crippen LogP contribution is -2.66. The summed E-state index contributed by atoms with van der Waals surface area (Å²) in [5.41, 5.74) is 0. The molecule has 1 rings (SSSR count). The van der Waals surface area contributed by atoms with E-state index in [9.17, 15) is 13.7 Å². The lowest BCUT2D eigenvalue weighted by atomic mass is 9.84. The van der Waals surface area contributed by atoms with Crippen molar-refractivity contribution in [2.75, 3.05) is 14.2 Å². The highest BCUT2D eigenvalue weighted by Gasteiger charge is 2.59. The first kappa shape index (κ1) is 25.2. The zero-order chi connectivity index (χ0) is 21.2. The summed E-state index contributed by atoms with van der Waals surface area (Å²) in [4.78, 5) is 58.3. The van der Waals surface area contributed by atoms with E-state index in [0.29, 0.717) is 0 Å². The molecule has 0 spiro atoms. The molecule has 1 aliphatic carbocycles. The number of ether oxygens (including phenoxy) is 2. The molecule has 1 saturated carbocycles. The molecule has 6 atom stereocenters. The van der Waals surface area contributed by atoms with Crippen LogP contribution in [0.2, 0.25) is 0 Å². The average molecular weight is 464 g/mol. The van der Waals surface area contributed by atoms with Gasteiger partial charge in [-0.1, -0.05) is 0 Å². The molecule has 162 valence electrons. The number of hydrogen-bond acceptors (Lipinski definition) is 10. The van der Waals surface area contributed by atoms with Crippen molar-refractivity contribution in [2.45, 2.75) is 36.6 Å². The zero-order valence-corrected chi connectivity index (χ0v) is 16.3. The van der Waals surface area contributed by atoms with Crippen LogP contribution in [-0.2, 0) is 41.6 Å². The van der Waals surface area contributed by atoms with Gasteiger partial charge >= 0.3 is 23.5 Å². The highest BCUT2D eigenvalue weighted by molar-refractivity contribution is 7.46. The number of rotatable bonds is 9. The third kappa shape index (κ3) is 7.49. The Morgan fingerprint density at radius 1 is 0.556 bits per heavy atom. The first-order chi connectivity index (χ1) is 12.1. The molecule has 0 aromatic carbocycles. The van der Waals surface area contributed by atoms with E-state index in [4.69, 9.17) is 44.1 Å². The molecule has 16 nitrogen and oxygen atoms in total. The van der Waals surface area contributed by atoms with Crippen molar-refractivity contribution in [2.24, 2.45) is 0 Å². The molecule has 0 amide bonds. The van der Waals surface area contributed by atoms with Crippen LogP contribution in [0.15, 0.2) is 0 Å². The van der Waals surface area contributed by atoms with Crippen molar-refractivity contribution < 1.29 is 76.2 Å². The summed E-state index contributed by atoms with van der Waals surface area (Å²) in [5.74, 6) is 0. The summed E-state index contributed by atoms with van der Waals surface area (Å²) in [5, 5.41) is 9.10. The Morgan fingerprint density at radius 2 is 0.815 bits per heavy atom. The van der Waals surface area contributed by atoms with Gasteiger partial charge in [0.1, 0.15) is 30.5 Å². The van der Waals surface area contributed by atoms with Crippen LogP contribution in [0.3, 0.4) is 0 Å². The van der Waals surface area contributed by atoms with Crippen molar-refractivity contribution >= 4 is 23.5 Å². The van der Waals surface area contributed by atoms with Crippen LogP contribution in [0.5, 0.6) is 0 Å². The van der Waals surface area contributed by atoms with E-state index >= 15 is 0 Å². The van der Waals surface area contributed by atoms with Gasteiger partial charge in [-0.25, -0.2) is 18.6 Å². The first-order valence-electron chi connectivity index (χ1n) is 6.71. The van der Waals surface area contributed by atoms with Crippen molar-refractivity contribution in [3.63, 3.8) is 0 Å². The molecule has 0 bridgehead atoms. The zero-order valence-electron chi connectivity index (χ0n) is 13.6. The maximum atomic E-state index is 11.2. The topological polar surface area (TPSA) is 248 Å². The van der Waals surface area contributed by atoms with E-state index in [2.05, 4.69) is 18.5 Å². The van der Waals surface area contributed by atoms with Crippen LogP contribution < -0.4 is 0 Å². The Hall–Kier alpha value is 0.170. The molecule has 0 radical (unpaired) electrons. The van der Waals surface area contributed by atoms with E-state index < -0.39 is 60.1 Å². The normalized spacial score (nSPS) is 33.2. The largest absolute Gasteiger partial charge is 0.470 e. The van der Waals surface area contributed by atoms with Gasteiger partial charge in [0.05, 0.1) is 0 Å². The summed E-state index contributed by atoms with van der Waals surface area (Å²) in [6.07, 6.45) is -11.6. The van der Waals surface area contributed by atoms with Crippen LogP contribution in [-0.4, -0.2) is 85.5 Å². The van der Waals surface area contributed by atoms with E-state index in [1.165, 1.54) is 0 Å². The Balaban J connectivity index is 3.49. The third-order valence-corrected chi connectivity index (χ3v) is 4.94. The molecule has 1 fully saturated rings. The fourth-order valence-electron chi connectivity index (χ4n) is 2.61. The summed E-state index contributed by atoms with van der Waals surface area (Å²) >= 11 is 0. The summed E-state index contributed by atoms with van der Waals surface area (Å²) in [6.45, 7) is 0. The Morgan fingerprint density at radius 3 is 1.07 bits per heavy atom. The highest BCUT2D eigenvalue weighted by atomic mass is 31.2. The van der Waals surface area contributed by atoms with Crippen LogP contribution >= 0.6 is 23.5 Å². The lowest BCUT2D eigenvalue weighted by molar-refractivity contribution is -0.347. The van der Waals surface area contributed by atoms with E-state index in [-0.39, 0.29) is 0 Å². The SMILES string of the molecule is COC1C(OP(=O)(O)O)[C@H](OP(=O)(O)O)[C@H](OO)C(OC)[C@@H]1OP(=O)(O)O. The molecular weight excluding hydrogens is 445 g/mol. The van der Waals surface area contributed by atoms with Crippen molar-refractivity contribution in [1.29, 1.82) is 0 Å². The predicted octanol–water partition coefficient (Wildman–Crippen LogP) is -1.68. The minimum absolute atomic E-state index is 0.915. The van der Waals surface area contributed by atoms with Crippen LogP contribution in [0.25, 0.3) is 0 Å². The van der Waals surface area contributed by atoms with Crippen LogP contribution in [0, 0.1) is 0 Å². The lowest BCUT2D eigenvalue weighted by Gasteiger charge is -2.47. The predicted molar refractivity (Wildman–Crippen MR) is 79.8 cm³/mol. The maximum Gasteiger partial charge on any atom is 0.470 e. The molecule has 7 N–H and O–H groups in total. The van der Waals surface area contributed by atoms with E-state index in [1.807, 2.05) is 0 Å². The smallest absolute Gasteiger partial charge is 0.376 e. The van der Waals surface area contributed by atoms with Gasteiger partial charge in [0.15, 0.2) is 6.10 Å². The molecule has 19 heteroatoms. The Bertz CT molecular complexity index is 621. The van der Waals surface area contributed by atoms with Gasteiger partial charge in [0.25, 0.3) is 0 Å². The fourth-order valence-corrected chi connectivity index (χ4v) is 4.28. The highest BCUT2D eigenvalue weighted by Crippen LogP contribution is 2.50. The van der Waals surface area contributed by atoms with Crippen LogP contribution in [0.1, 0.15) is 0 Å². The summed E-state index contributed by atoms with van der Waals surface area (Å²) in [7, 11) is -14.1. The molecule has 27 heavy (non-hydrogen) atoms. The number of methoxy groups -OCH3 is 2. The quantitative estimate of drug-likeness (QED) is 0.114. The minimum Gasteiger partial charge on any atom is -0.376 e. The van der Waals surface area contributed by atoms with Gasteiger partial charge in [-0.3, -0.25) is 18.8 Å². The second-order valence-electron chi connectivity index (χ2n) is 5.15. The molecule has 0 saturated heterocycles. The van der Waals surface area contributed by atoms with Gasteiger partial charge in [-0.15, -0.1) is 0 Å². The second kappa shape index (κ2) is 9.32. The van der Waals surface area contributed by atoms with Gasteiger partial charge in [0.2, 0.25) is 0 Å². The van der Waals surface area contributed by atoms with Crippen LogP contribution in [0.4, 0.5) is 0 Å². The van der Waals surface area contributed by atoms with Gasteiger partial charge in [0, 0.05) is 14.2 Å². The fraction of sp³-hybridized carbons (Fsp3) is 1.00. The standard InChI is InChI=1S/C8H19O16P3/c1-19-3-5(21-9)8(24-27(16,17)18)7(23-26(13,14)15)4(20-2)6(3)22-25(10,11)12/h3-9H,1-2H3,(H2,10,11,12)(H2,13,14,15)(H2,16,17,18)/t3?,4?,5-,6+,7?,8-/m1/s1.